The van der Waals surface area contributed by atoms with Crippen molar-refractivity contribution in [3.8, 4) is 0 Å². The van der Waals surface area contributed by atoms with Crippen LogP contribution < -0.4 is 10.6 Å². The molecule has 0 radical (unpaired) electrons. The molecule has 0 spiro atoms. The third-order valence-corrected chi connectivity index (χ3v) is 5.63. The second kappa shape index (κ2) is 9.83. The smallest absolute Gasteiger partial charge is 0.329 e. The van der Waals surface area contributed by atoms with E-state index in [-0.39, 0.29) is 11.7 Å². The Hall–Kier alpha value is -2.06. The summed E-state index contributed by atoms with van der Waals surface area (Å²) in [5.41, 5.74) is -0.480. The molecular formula is C21H27ClF4N3O+. The van der Waals surface area contributed by atoms with E-state index in [2.05, 4.69) is 17.7 Å². The van der Waals surface area contributed by atoms with Gasteiger partial charge in [-0.25, -0.2) is 9.18 Å². The molecule has 2 N–H and O–H groups in total. The quantitative estimate of drug-likeness (QED) is 0.329. The summed E-state index contributed by atoms with van der Waals surface area (Å²) in [5.74, 6) is -1.38. The van der Waals surface area contributed by atoms with Gasteiger partial charge < -0.3 is 15.1 Å². The van der Waals surface area contributed by atoms with Crippen LogP contribution in [0.5, 0.6) is 0 Å². The summed E-state index contributed by atoms with van der Waals surface area (Å²) in [7, 11) is 2.08. The minimum Gasteiger partial charge on any atom is -0.329 e. The predicted octanol–water partition coefficient (Wildman–Crippen LogP) is 5.66. The number of likely N-dealkylation sites (tertiary alicyclic amines) is 1. The average molecular weight is 449 g/mol. The highest BCUT2D eigenvalue weighted by atomic mass is 35.5. The van der Waals surface area contributed by atoms with E-state index in [0.717, 1.165) is 42.6 Å². The number of carbonyl (C=O) groups is 1. The number of rotatable bonds is 6. The second-order valence-corrected chi connectivity index (χ2v) is 8.20. The first-order chi connectivity index (χ1) is 14.0. The SMILES string of the molecule is CC=CC(C[N+]1(C)CCC(NC(=O)Nc2ccc(F)c(C(F)(F)F)c2)C1)=C(Cl)CC. The molecule has 1 aromatic carbocycles. The van der Waals surface area contributed by atoms with Crippen molar-refractivity contribution < 1.29 is 26.8 Å². The zero-order chi connectivity index (χ0) is 22.5. The van der Waals surface area contributed by atoms with Crippen molar-refractivity contribution in [1.82, 2.24) is 5.32 Å². The number of amides is 2. The molecule has 1 aliphatic heterocycles. The van der Waals surface area contributed by atoms with Crippen molar-refractivity contribution in [3.63, 3.8) is 0 Å². The van der Waals surface area contributed by atoms with Gasteiger partial charge in [-0.05, 0) is 31.5 Å². The highest BCUT2D eigenvalue weighted by Gasteiger charge is 2.37. The third-order valence-electron chi connectivity index (χ3n) is 5.12. The molecule has 0 saturated carbocycles. The van der Waals surface area contributed by atoms with E-state index < -0.39 is 23.6 Å². The molecule has 0 aromatic heterocycles. The monoisotopic (exact) mass is 448 g/mol. The maximum Gasteiger partial charge on any atom is 0.419 e. The Kier molecular flexibility index (Phi) is 7.93. The largest absolute Gasteiger partial charge is 0.419 e. The fourth-order valence-electron chi connectivity index (χ4n) is 3.68. The van der Waals surface area contributed by atoms with Crippen molar-refractivity contribution in [2.75, 3.05) is 32.0 Å². The second-order valence-electron chi connectivity index (χ2n) is 7.74. The van der Waals surface area contributed by atoms with E-state index in [1.165, 1.54) is 0 Å². The number of likely N-dealkylation sites (N-methyl/N-ethyl adjacent to an activating group) is 1. The molecule has 9 heteroatoms. The molecule has 30 heavy (non-hydrogen) atoms. The van der Waals surface area contributed by atoms with Crippen molar-refractivity contribution in [1.29, 1.82) is 0 Å². The average Bonchev–Trinajstić information content (AvgIpc) is 3.01. The summed E-state index contributed by atoms with van der Waals surface area (Å²) >= 11 is 6.35. The first kappa shape index (κ1) is 24.2. The van der Waals surface area contributed by atoms with Crippen molar-refractivity contribution in [3.05, 3.63) is 52.3 Å². The molecule has 0 bridgehead atoms. The number of carbonyl (C=O) groups excluding carboxylic acids is 1. The van der Waals surface area contributed by atoms with Gasteiger partial charge >= 0.3 is 12.2 Å². The Morgan fingerprint density at radius 1 is 1.37 bits per heavy atom. The fourth-order valence-corrected chi connectivity index (χ4v) is 3.81. The van der Waals surface area contributed by atoms with Crippen molar-refractivity contribution >= 4 is 23.3 Å². The lowest BCUT2D eigenvalue weighted by Gasteiger charge is -2.30. The molecule has 1 heterocycles. The lowest BCUT2D eigenvalue weighted by Crippen LogP contribution is -2.47. The molecule has 0 aliphatic carbocycles. The van der Waals surface area contributed by atoms with Gasteiger partial charge in [-0.1, -0.05) is 30.7 Å². The van der Waals surface area contributed by atoms with Gasteiger partial charge in [0, 0.05) is 22.7 Å². The van der Waals surface area contributed by atoms with Gasteiger partial charge in [-0.3, -0.25) is 0 Å². The zero-order valence-electron chi connectivity index (χ0n) is 17.2. The molecule has 1 aliphatic rings. The van der Waals surface area contributed by atoms with Gasteiger partial charge in [0.25, 0.3) is 0 Å². The lowest BCUT2D eigenvalue weighted by atomic mass is 10.1. The van der Waals surface area contributed by atoms with E-state index in [4.69, 9.17) is 11.6 Å². The van der Waals surface area contributed by atoms with E-state index in [0.29, 0.717) is 23.2 Å². The topological polar surface area (TPSA) is 41.1 Å². The van der Waals surface area contributed by atoms with E-state index in [1.807, 2.05) is 26.0 Å². The zero-order valence-corrected chi connectivity index (χ0v) is 18.0. The molecule has 2 unspecified atom stereocenters. The van der Waals surface area contributed by atoms with Crippen molar-refractivity contribution in [2.24, 2.45) is 0 Å². The Morgan fingerprint density at radius 2 is 2.07 bits per heavy atom. The highest BCUT2D eigenvalue weighted by Crippen LogP contribution is 2.33. The summed E-state index contributed by atoms with van der Waals surface area (Å²) in [6.45, 7) is 6.14. The standard InChI is InChI=1S/C21H26ClF4N3O/c1-4-6-14(18(22)5-2)12-29(3)10-9-16(13-29)28-20(30)27-15-7-8-19(23)17(11-15)21(24,25)26/h4,6-8,11,16H,5,9-10,12-13H2,1-3H3,(H-,27,28,30)/p+1. The maximum absolute atomic E-state index is 13.4. The number of benzene rings is 1. The van der Waals surface area contributed by atoms with Gasteiger partial charge in [0.05, 0.1) is 31.7 Å². The summed E-state index contributed by atoms with van der Waals surface area (Å²) in [6, 6.07) is 1.62. The summed E-state index contributed by atoms with van der Waals surface area (Å²) in [6.07, 6.45) is 0.573. The number of anilines is 1. The predicted molar refractivity (Wildman–Crippen MR) is 111 cm³/mol. The van der Waals surface area contributed by atoms with Gasteiger partial charge in [0.2, 0.25) is 0 Å². The molecule has 2 amide bonds. The molecular weight excluding hydrogens is 422 g/mol. The molecule has 2 rings (SSSR count). The summed E-state index contributed by atoms with van der Waals surface area (Å²) in [4.78, 5) is 12.3. The molecule has 1 saturated heterocycles. The molecule has 1 aromatic rings. The molecule has 4 nitrogen and oxygen atoms in total. The first-order valence-corrected chi connectivity index (χ1v) is 10.1. The van der Waals surface area contributed by atoms with Crippen LogP contribution in [0.1, 0.15) is 32.3 Å². The van der Waals surface area contributed by atoms with E-state index in [1.54, 1.807) is 0 Å². The lowest BCUT2D eigenvalue weighted by molar-refractivity contribution is -0.893. The Morgan fingerprint density at radius 3 is 2.67 bits per heavy atom. The van der Waals surface area contributed by atoms with Crippen LogP contribution in [-0.4, -0.2) is 43.2 Å². The van der Waals surface area contributed by atoms with Gasteiger partial charge in [-0.15, -0.1) is 0 Å². The highest BCUT2D eigenvalue weighted by molar-refractivity contribution is 6.30. The van der Waals surface area contributed by atoms with Gasteiger partial charge in [0.1, 0.15) is 12.4 Å². The Balaban J connectivity index is 2.00. The Labute approximate surface area is 179 Å². The van der Waals surface area contributed by atoms with E-state index in [9.17, 15) is 22.4 Å². The Bertz CT molecular complexity index is 838. The van der Waals surface area contributed by atoms with Crippen molar-refractivity contribution in [2.45, 2.75) is 38.9 Å². The number of halogens is 5. The normalized spacial score (nSPS) is 22.9. The van der Waals surface area contributed by atoms with Crippen LogP contribution in [-0.2, 0) is 6.18 Å². The number of urea groups is 1. The fraction of sp³-hybridized carbons (Fsp3) is 0.476. The minimum atomic E-state index is -4.83. The number of alkyl halides is 3. The number of quaternary nitrogens is 1. The van der Waals surface area contributed by atoms with E-state index >= 15 is 0 Å². The maximum atomic E-state index is 13.4. The van der Waals surface area contributed by atoms with Gasteiger partial charge in [-0.2, -0.15) is 13.2 Å². The van der Waals surface area contributed by atoms with Crippen LogP contribution in [0, 0.1) is 5.82 Å². The number of hydrogen-bond donors (Lipinski definition) is 2. The summed E-state index contributed by atoms with van der Waals surface area (Å²) < 4.78 is 52.6. The molecule has 2 atom stereocenters. The number of allylic oxidation sites excluding steroid dienone is 2. The molecule has 1 fully saturated rings. The molecule has 166 valence electrons. The first-order valence-electron chi connectivity index (χ1n) is 9.75. The number of nitrogens with one attached hydrogen (secondary N) is 2. The van der Waals surface area contributed by atoms with Crippen LogP contribution in [0.4, 0.5) is 28.0 Å². The third kappa shape index (κ3) is 6.47. The number of hydrogen-bond acceptors (Lipinski definition) is 1. The van der Waals surface area contributed by atoms with Crippen LogP contribution >= 0.6 is 11.6 Å². The minimum absolute atomic E-state index is 0.121. The van der Waals surface area contributed by atoms with Gasteiger partial charge in [0.15, 0.2) is 0 Å². The van der Waals surface area contributed by atoms with Crippen LogP contribution in [0.2, 0.25) is 0 Å². The van der Waals surface area contributed by atoms with Crippen LogP contribution in [0.3, 0.4) is 0 Å². The number of nitrogens with zero attached hydrogens (tertiary/aromatic N) is 1. The van der Waals surface area contributed by atoms with Crippen LogP contribution in [0.15, 0.2) is 41.0 Å². The summed E-state index contributed by atoms with van der Waals surface area (Å²) in [5, 5.41) is 5.96. The van der Waals surface area contributed by atoms with Crippen LogP contribution in [0.25, 0.3) is 0 Å².